The lowest BCUT2D eigenvalue weighted by atomic mass is 9.76. The van der Waals surface area contributed by atoms with Gasteiger partial charge >= 0.3 is 0 Å². The molecule has 164 valence electrons. The molecular formula is C29H26N2O2. The molecule has 1 aliphatic rings. The van der Waals surface area contributed by atoms with Crippen molar-refractivity contribution in [2.24, 2.45) is 11.8 Å². The van der Waals surface area contributed by atoms with Gasteiger partial charge in [-0.15, -0.1) is 0 Å². The lowest BCUT2D eigenvalue weighted by molar-refractivity contribution is -0.111. The zero-order chi connectivity index (χ0) is 22.7. The second-order valence-electron chi connectivity index (χ2n) is 8.72. The highest BCUT2D eigenvalue weighted by Gasteiger charge is 2.41. The molecule has 4 nitrogen and oxygen atoms in total. The van der Waals surface area contributed by atoms with Crippen molar-refractivity contribution < 1.29 is 9.59 Å². The number of Topliss-reactive ketones (excluding diaryl/α,β-unsaturated/α-hetero) is 1. The number of aldehydes is 1. The SMILES string of the molecule is O=CC(CC(=O)c1cncn1C(c1ccccc1)(c1ccccc1)c1ccccc1)C1CC1. The summed E-state index contributed by atoms with van der Waals surface area (Å²) in [5, 5.41) is 0. The number of ketones is 1. The van der Waals surface area contributed by atoms with E-state index in [2.05, 4.69) is 41.4 Å². The Balaban J connectivity index is 1.74. The molecule has 0 aliphatic heterocycles. The second kappa shape index (κ2) is 8.99. The summed E-state index contributed by atoms with van der Waals surface area (Å²) in [5.41, 5.74) is 2.82. The van der Waals surface area contributed by atoms with Crippen molar-refractivity contribution in [3.63, 3.8) is 0 Å². The van der Waals surface area contributed by atoms with Gasteiger partial charge in [0.05, 0.1) is 12.5 Å². The third kappa shape index (κ3) is 3.82. The maximum atomic E-state index is 13.5. The third-order valence-corrected chi connectivity index (χ3v) is 6.68. The molecule has 0 N–H and O–H groups in total. The van der Waals surface area contributed by atoms with Crippen LogP contribution < -0.4 is 0 Å². The van der Waals surface area contributed by atoms with Crippen LogP contribution in [0.25, 0.3) is 0 Å². The van der Waals surface area contributed by atoms with Crippen molar-refractivity contribution >= 4 is 12.1 Å². The minimum Gasteiger partial charge on any atom is -0.309 e. The van der Waals surface area contributed by atoms with Gasteiger partial charge in [-0.3, -0.25) is 4.79 Å². The van der Waals surface area contributed by atoms with Crippen LogP contribution in [-0.4, -0.2) is 21.6 Å². The van der Waals surface area contributed by atoms with Crippen molar-refractivity contribution in [2.45, 2.75) is 24.8 Å². The van der Waals surface area contributed by atoms with Gasteiger partial charge in [0.2, 0.25) is 0 Å². The average molecular weight is 435 g/mol. The summed E-state index contributed by atoms with van der Waals surface area (Å²) in [6.45, 7) is 0. The van der Waals surface area contributed by atoms with Crippen LogP contribution in [-0.2, 0) is 10.3 Å². The van der Waals surface area contributed by atoms with E-state index in [-0.39, 0.29) is 18.1 Å². The van der Waals surface area contributed by atoms with Crippen LogP contribution in [0.1, 0.15) is 46.4 Å². The van der Waals surface area contributed by atoms with Crippen molar-refractivity contribution in [1.82, 2.24) is 9.55 Å². The summed E-state index contributed by atoms with van der Waals surface area (Å²) in [6.07, 6.45) is 6.60. The smallest absolute Gasteiger partial charge is 0.181 e. The molecule has 33 heavy (non-hydrogen) atoms. The van der Waals surface area contributed by atoms with E-state index in [1.54, 1.807) is 12.5 Å². The molecule has 3 aromatic carbocycles. The van der Waals surface area contributed by atoms with Gasteiger partial charge in [0.25, 0.3) is 0 Å². The van der Waals surface area contributed by atoms with E-state index >= 15 is 0 Å². The first-order valence-electron chi connectivity index (χ1n) is 11.4. The van der Waals surface area contributed by atoms with Crippen molar-refractivity contribution in [1.29, 1.82) is 0 Å². The van der Waals surface area contributed by atoms with Crippen LogP contribution >= 0.6 is 0 Å². The zero-order valence-electron chi connectivity index (χ0n) is 18.4. The van der Waals surface area contributed by atoms with E-state index in [1.165, 1.54) is 0 Å². The molecule has 0 saturated heterocycles. The first kappa shape index (κ1) is 21.1. The Kier molecular flexibility index (Phi) is 5.74. The van der Waals surface area contributed by atoms with Crippen molar-refractivity contribution in [3.8, 4) is 0 Å². The topological polar surface area (TPSA) is 52.0 Å². The van der Waals surface area contributed by atoms with Crippen LogP contribution in [0.2, 0.25) is 0 Å². The summed E-state index contributed by atoms with van der Waals surface area (Å²) >= 11 is 0. The Bertz CT molecular complexity index is 1130. The van der Waals surface area contributed by atoms with Gasteiger partial charge in [-0.2, -0.15) is 0 Å². The number of carbonyl (C=O) groups is 2. The van der Waals surface area contributed by atoms with Gasteiger partial charge in [-0.1, -0.05) is 91.0 Å². The van der Waals surface area contributed by atoms with Crippen molar-refractivity contribution in [3.05, 3.63) is 126 Å². The summed E-state index contributed by atoms with van der Waals surface area (Å²) in [6, 6.07) is 30.6. The molecule has 4 aromatic rings. The third-order valence-electron chi connectivity index (χ3n) is 6.68. The fraction of sp³-hybridized carbons (Fsp3) is 0.207. The Morgan fingerprint density at radius 2 is 1.36 bits per heavy atom. The number of carbonyl (C=O) groups excluding carboxylic acids is 2. The Hall–Kier alpha value is -3.79. The molecule has 1 unspecified atom stereocenters. The van der Waals surface area contributed by atoms with Gasteiger partial charge in [-0.05, 0) is 35.4 Å². The van der Waals surface area contributed by atoms with Crippen molar-refractivity contribution in [2.75, 3.05) is 0 Å². The predicted molar refractivity (Wildman–Crippen MR) is 128 cm³/mol. The average Bonchev–Trinajstić information content (AvgIpc) is 3.61. The molecule has 1 atom stereocenters. The van der Waals surface area contributed by atoms with E-state index in [1.807, 2.05) is 59.2 Å². The zero-order valence-corrected chi connectivity index (χ0v) is 18.4. The number of rotatable bonds is 9. The van der Waals surface area contributed by atoms with Crippen LogP contribution in [0, 0.1) is 11.8 Å². The first-order valence-corrected chi connectivity index (χ1v) is 11.4. The quantitative estimate of drug-likeness (QED) is 0.198. The van der Waals surface area contributed by atoms with Gasteiger partial charge in [0.1, 0.15) is 17.5 Å². The molecule has 0 amide bonds. The lowest BCUT2D eigenvalue weighted by Crippen LogP contribution is -2.39. The molecule has 0 radical (unpaired) electrons. The lowest BCUT2D eigenvalue weighted by Gasteiger charge is -2.38. The van der Waals surface area contributed by atoms with Crippen LogP contribution in [0.3, 0.4) is 0 Å². The molecule has 5 rings (SSSR count). The number of nitrogens with zero attached hydrogens (tertiary/aromatic N) is 2. The van der Waals surface area contributed by atoms with E-state index < -0.39 is 5.54 Å². The minimum atomic E-state index is -0.790. The monoisotopic (exact) mass is 434 g/mol. The Morgan fingerprint density at radius 1 is 0.879 bits per heavy atom. The Morgan fingerprint density at radius 3 is 1.79 bits per heavy atom. The highest BCUT2D eigenvalue weighted by atomic mass is 16.1. The maximum absolute atomic E-state index is 13.5. The summed E-state index contributed by atoms with van der Waals surface area (Å²) in [7, 11) is 0. The summed E-state index contributed by atoms with van der Waals surface area (Å²) in [4.78, 5) is 29.6. The number of aromatic nitrogens is 2. The standard InChI is InChI=1S/C29H26N2O2/c32-20-23(22-16-17-22)18-28(33)27-19-30-21-31(27)29(24-10-4-1-5-11-24,25-12-6-2-7-13-25)26-14-8-3-9-15-26/h1-15,19-23H,16-18H2. The molecule has 0 spiro atoms. The summed E-state index contributed by atoms with van der Waals surface area (Å²) in [5.74, 6) is 0.0639. The molecule has 1 heterocycles. The van der Waals surface area contributed by atoms with E-state index in [9.17, 15) is 9.59 Å². The van der Waals surface area contributed by atoms with Gasteiger partial charge in [-0.25, -0.2) is 4.98 Å². The largest absolute Gasteiger partial charge is 0.309 e. The van der Waals surface area contributed by atoms with Crippen LogP contribution in [0.5, 0.6) is 0 Å². The second-order valence-corrected chi connectivity index (χ2v) is 8.72. The normalized spacial score (nSPS) is 14.5. The maximum Gasteiger partial charge on any atom is 0.181 e. The van der Waals surface area contributed by atoms with Gasteiger partial charge in [0, 0.05) is 12.3 Å². The van der Waals surface area contributed by atoms with E-state index in [0.29, 0.717) is 11.6 Å². The molecule has 1 saturated carbocycles. The highest BCUT2D eigenvalue weighted by Crippen LogP contribution is 2.42. The highest BCUT2D eigenvalue weighted by molar-refractivity contribution is 5.96. The Labute approximate surface area is 193 Å². The van der Waals surface area contributed by atoms with E-state index in [0.717, 1.165) is 35.8 Å². The fourth-order valence-corrected chi connectivity index (χ4v) is 4.89. The number of imidazole rings is 1. The number of benzene rings is 3. The molecule has 0 bridgehead atoms. The number of hydrogen-bond acceptors (Lipinski definition) is 3. The summed E-state index contributed by atoms with van der Waals surface area (Å²) < 4.78 is 1.99. The molecule has 1 aliphatic carbocycles. The molecular weight excluding hydrogens is 408 g/mol. The fourth-order valence-electron chi connectivity index (χ4n) is 4.89. The molecule has 1 fully saturated rings. The minimum absolute atomic E-state index is 0.0522. The van der Waals surface area contributed by atoms with Crippen LogP contribution in [0.4, 0.5) is 0 Å². The molecule has 1 aromatic heterocycles. The van der Waals surface area contributed by atoms with Crippen LogP contribution in [0.15, 0.2) is 104 Å². The number of hydrogen-bond donors (Lipinski definition) is 0. The predicted octanol–water partition coefficient (Wildman–Crippen LogP) is 5.52. The first-order chi connectivity index (χ1) is 16.2. The van der Waals surface area contributed by atoms with E-state index in [4.69, 9.17) is 0 Å². The van der Waals surface area contributed by atoms with Gasteiger partial charge in [0.15, 0.2) is 5.78 Å². The molecule has 4 heteroatoms. The van der Waals surface area contributed by atoms with Gasteiger partial charge < -0.3 is 9.36 Å².